The molecule has 0 aromatic carbocycles. The fourth-order valence-electron chi connectivity index (χ4n) is 4.93. The zero-order valence-corrected chi connectivity index (χ0v) is 11.4. The van der Waals surface area contributed by atoms with Crippen LogP contribution in [0.25, 0.3) is 0 Å². The van der Waals surface area contributed by atoms with Gasteiger partial charge in [-0.2, -0.15) is 0 Å². The van der Waals surface area contributed by atoms with Crippen molar-refractivity contribution in [2.45, 2.75) is 51.4 Å². The molecular formula is C16H23NO2. The molecule has 4 bridgehead atoms. The standard InChI is InChI=1S/C16H23NO2/c17-7-12-6-15(18-8-12)9-19-16-13-2-10-1-11(4-13)5-14(16)3-10/h6,8,10-11,13-14,16H,1-5,7,9,17H2. The van der Waals surface area contributed by atoms with Gasteiger partial charge in [-0.25, -0.2) is 0 Å². The van der Waals surface area contributed by atoms with Crippen LogP contribution in [-0.4, -0.2) is 6.10 Å². The summed E-state index contributed by atoms with van der Waals surface area (Å²) in [5.74, 6) is 4.58. The Kier molecular flexibility index (Phi) is 2.92. The zero-order chi connectivity index (χ0) is 12.8. The van der Waals surface area contributed by atoms with Gasteiger partial charge >= 0.3 is 0 Å². The molecule has 0 unspecified atom stereocenters. The molecule has 1 heterocycles. The molecule has 4 aliphatic carbocycles. The Morgan fingerprint density at radius 2 is 1.79 bits per heavy atom. The van der Waals surface area contributed by atoms with Crippen molar-refractivity contribution in [3.63, 3.8) is 0 Å². The average Bonchev–Trinajstić information content (AvgIpc) is 2.85. The summed E-state index contributed by atoms with van der Waals surface area (Å²) >= 11 is 0. The molecule has 0 atom stereocenters. The van der Waals surface area contributed by atoms with Crippen molar-refractivity contribution in [1.29, 1.82) is 0 Å². The summed E-state index contributed by atoms with van der Waals surface area (Å²) in [6, 6.07) is 2.02. The number of nitrogens with two attached hydrogens (primary N) is 1. The summed E-state index contributed by atoms with van der Waals surface area (Å²) in [5.41, 5.74) is 6.66. The monoisotopic (exact) mass is 261 g/mol. The van der Waals surface area contributed by atoms with E-state index in [1.807, 2.05) is 6.07 Å². The van der Waals surface area contributed by atoms with Gasteiger partial charge in [-0.15, -0.1) is 0 Å². The summed E-state index contributed by atoms with van der Waals surface area (Å²) in [5, 5.41) is 0. The normalized spacial score (nSPS) is 39.9. The van der Waals surface area contributed by atoms with E-state index in [0.717, 1.165) is 35.0 Å². The van der Waals surface area contributed by atoms with E-state index in [9.17, 15) is 0 Å². The fraction of sp³-hybridized carbons (Fsp3) is 0.750. The van der Waals surface area contributed by atoms with E-state index < -0.39 is 0 Å². The van der Waals surface area contributed by atoms with Crippen LogP contribution in [-0.2, 0) is 17.9 Å². The molecule has 104 valence electrons. The van der Waals surface area contributed by atoms with Gasteiger partial charge in [0.25, 0.3) is 0 Å². The molecule has 0 amide bonds. The van der Waals surface area contributed by atoms with Crippen LogP contribution in [0.15, 0.2) is 16.7 Å². The highest BCUT2D eigenvalue weighted by Crippen LogP contribution is 2.54. The Morgan fingerprint density at radius 3 is 2.37 bits per heavy atom. The van der Waals surface area contributed by atoms with Crippen molar-refractivity contribution < 1.29 is 9.15 Å². The highest BCUT2D eigenvalue weighted by Gasteiger charge is 2.48. The lowest BCUT2D eigenvalue weighted by Gasteiger charge is -2.53. The van der Waals surface area contributed by atoms with Crippen molar-refractivity contribution in [2.75, 3.05) is 0 Å². The molecular weight excluding hydrogens is 238 g/mol. The Hall–Kier alpha value is -0.800. The lowest BCUT2D eigenvalue weighted by atomic mass is 9.55. The fourth-order valence-corrected chi connectivity index (χ4v) is 4.93. The van der Waals surface area contributed by atoms with Crippen molar-refractivity contribution >= 4 is 0 Å². The summed E-state index contributed by atoms with van der Waals surface area (Å²) in [4.78, 5) is 0. The molecule has 0 aliphatic heterocycles. The van der Waals surface area contributed by atoms with Gasteiger partial charge in [-0.1, -0.05) is 0 Å². The maximum Gasteiger partial charge on any atom is 0.129 e. The Bertz CT molecular complexity index is 425. The first-order valence-electron chi connectivity index (χ1n) is 7.69. The molecule has 4 aliphatic rings. The van der Waals surface area contributed by atoms with E-state index in [1.54, 1.807) is 6.26 Å². The van der Waals surface area contributed by atoms with E-state index in [0.29, 0.717) is 19.3 Å². The van der Waals surface area contributed by atoms with Crippen LogP contribution in [0.4, 0.5) is 0 Å². The first-order valence-corrected chi connectivity index (χ1v) is 7.69. The maximum absolute atomic E-state index is 6.23. The molecule has 4 fully saturated rings. The minimum Gasteiger partial charge on any atom is -0.467 e. The van der Waals surface area contributed by atoms with Gasteiger partial charge < -0.3 is 14.9 Å². The second kappa shape index (κ2) is 4.64. The molecule has 4 saturated carbocycles. The van der Waals surface area contributed by atoms with Gasteiger partial charge in [-0.05, 0) is 61.8 Å². The summed E-state index contributed by atoms with van der Waals surface area (Å²) in [7, 11) is 0. The number of hydrogen-bond acceptors (Lipinski definition) is 3. The van der Waals surface area contributed by atoms with E-state index >= 15 is 0 Å². The second-order valence-corrected chi connectivity index (χ2v) is 6.83. The van der Waals surface area contributed by atoms with E-state index in [4.69, 9.17) is 14.9 Å². The number of ether oxygens (including phenoxy) is 1. The van der Waals surface area contributed by atoms with Crippen LogP contribution in [0.5, 0.6) is 0 Å². The smallest absolute Gasteiger partial charge is 0.129 e. The number of furan rings is 1. The van der Waals surface area contributed by atoms with Crippen molar-refractivity contribution in [3.05, 3.63) is 23.7 Å². The van der Waals surface area contributed by atoms with E-state index in [2.05, 4.69) is 0 Å². The van der Waals surface area contributed by atoms with Gasteiger partial charge in [-0.3, -0.25) is 0 Å². The van der Waals surface area contributed by atoms with Crippen LogP contribution in [0, 0.1) is 23.7 Å². The van der Waals surface area contributed by atoms with E-state index in [1.165, 1.54) is 32.1 Å². The third kappa shape index (κ3) is 2.13. The molecule has 5 rings (SSSR count). The third-order valence-corrected chi connectivity index (χ3v) is 5.50. The van der Waals surface area contributed by atoms with E-state index in [-0.39, 0.29) is 0 Å². The quantitative estimate of drug-likeness (QED) is 0.906. The Balaban J connectivity index is 1.40. The van der Waals surface area contributed by atoms with Crippen LogP contribution in [0.2, 0.25) is 0 Å². The molecule has 1 aromatic rings. The Morgan fingerprint density at radius 1 is 1.11 bits per heavy atom. The minimum absolute atomic E-state index is 0.485. The predicted molar refractivity (Wildman–Crippen MR) is 72.2 cm³/mol. The van der Waals surface area contributed by atoms with Gasteiger partial charge in [0.1, 0.15) is 12.4 Å². The highest BCUT2D eigenvalue weighted by atomic mass is 16.5. The molecule has 19 heavy (non-hydrogen) atoms. The van der Waals surface area contributed by atoms with Crippen molar-refractivity contribution in [3.8, 4) is 0 Å². The van der Waals surface area contributed by atoms with Crippen molar-refractivity contribution in [1.82, 2.24) is 0 Å². The largest absolute Gasteiger partial charge is 0.467 e. The second-order valence-electron chi connectivity index (χ2n) is 6.83. The molecule has 3 nitrogen and oxygen atoms in total. The molecule has 0 spiro atoms. The molecule has 0 saturated heterocycles. The summed E-state index contributed by atoms with van der Waals surface area (Å²) in [6.07, 6.45) is 9.36. The van der Waals surface area contributed by atoms with Gasteiger partial charge in [0.2, 0.25) is 0 Å². The average molecular weight is 261 g/mol. The molecule has 3 heteroatoms. The molecule has 1 aromatic heterocycles. The zero-order valence-electron chi connectivity index (χ0n) is 11.4. The van der Waals surface area contributed by atoms with Gasteiger partial charge in [0.15, 0.2) is 0 Å². The van der Waals surface area contributed by atoms with Crippen LogP contribution >= 0.6 is 0 Å². The van der Waals surface area contributed by atoms with Crippen LogP contribution < -0.4 is 5.73 Å². The lowest BCUT2D eigenvalue weighted by molar-refractivity contribution is -0.134. The number of hydrogen-bond donors (Lipinski definition) is 1. The summed E-state index contributed by atoms with van der Waals surface area (Å²) in [6.45, 7) is 1.16. The summed E-state index contributed by atoms with van der Waals surface area (Å²) < 4.78 is 11.7. The minimum atomic E-state index is 0.485. The maximum atomic E-state index is 6.23. The first kappa shape index (κ1) is 12.0. The lowest BCUT2D eigenvalue weighted by Crippen LogP contribution is -2.49. The van der Waals surface area contributed by atoms with Gasteiger partial charge in [0.05, 0.1) is 12.4 Å². The molecule has 0 radical (unpaired) electrons. The van der Waals surface area contributed by atoms with Gasteiger partial charge in [0, 0.05) is 12.1 Å². The predicted octanol–water partition coefficient (Wildman–Crippen LogP) is 3.08. The van der Waals surface area contributed by atoms with Crippen LogP contribution in [0.1, 0.15) is 43.4 Å². The third-order valence-electron chi connectivity index (χ3n) is 5.50. The highest BCUT2D eigenvalue weighted by molar-refractivity contribution is 5.11. The van der Waals surface area contributed by atoms with Crippen molar-refractivity contribution in [2.24, 2.45) is 29.4 Å². The SMILES string of the molecule is NCc1coc(COC2C3CC4CC(C3)CC2C4)c1. The Labute approximate surface area is 114 Å². The van der Waals surface area contributed by atoms with Crippen LogP contribution in [0.3, 0.4) is 0 Å². The number of rotatable bonds is 4. The first-order chi connectivity index (χ1) is 9.31. The topological polar surface area (TPSA) is 48.4 Å². The molecule has 2 N–H and O–H groups in total.